The van der Waals surface area contributed by atoms with Crippen molar-refractivity contribution in [3.05, 3.63) is 0 Å². The van der Waals surface area contributed by atoms with Crippen molar-refractivity contribution in [1.82, 2.24) is 0 Å². The molecule has 9 heavy (non-hydrogen) atoms. The summed E-state index contributed by atoms with van der Waals surface area (Å²) >= 11 is 1.53. The van der Waals surface area contributed by atoms with Crippen molar-refractivity contribution in [3.63, 3.8) is 0 Å². The Labute approximate surface area is 57.5 Å². The van der Waals surface area contributed by atoms with E-state index in [1.807, 2.05) is 0 Å². The summed E-state index contributed by atoms with van der Waals surface area (Å²) in [6.45, 7) is 0. The van der Waals surface area contributed by atoms with E-state index in [-0.39, 0.29) is 12.0 Å². The first-order valence-corrected chi connectivity index (χ1v) is 3.60. The molecule has 0 aliphatic carbocycles. The number of rotatable bonds is 1. The van der Waals surface area contributed by atoms with Crippen LogP contribution in [0.1, 0.15) is 0 Å². The lowest BCUT2D eigenvalue weighted by Gasteiger charge is -2.00. The molecule has 0 saturated carbocycles. The quantitative estimate of drug-likeness (QED) is 0.498. The van der Waals surface area contributed by atoms with Crippen LogP contribution in [-0.4, -0.2) is 30.4 Å². The molecule has 1 aliphatic rings. The number of hydrogen-bond donors (Lipinski definition) is 0. The minimum atomic E-state index is -0.250. The predicted octanol–water partition coefficient (Wildman–Crippen LogP) is 0.303. The summed E-state index contributed by atoms with van der Waals surface area (Å²) in [5.41, 5.74) is 1.68. The number of carbonyl (C=O) groups excluding carboxylic acids is 1. The third-order valence-corrected chi connectivity index (χ3v) is 1.82. The maximum atomic E-state index is 10.7. The molecule has 1 heterocycles. The zero-order valence-corrected chi connectivity index (χ0v) is 5.85. The molecule has 1 rings (SSSR count). The molecule has 0 saturated heterocycles. The maximum absolute atomic E-state index is 10.7. The molecule has 0 aromatic rings. The number of nitrogens with zero attached hydrogens (tertiary/aromatic N) is 1. The highest BCUT2D eigenvalue weighted by molar-refractivity contribution is 8.12. The highest BCUT2D eigenvalue weighted by Gasteiger charge is 2.19. The molecule has 0 radical (unpaired) electrons. The molecular formula is C5H7NO2S. The number of thioether (sulfide) groups is 1. The Balaban J connectivity index is 2.43. The Morgan fingerprint density at radius 1 is 2.00 bits per heavy atom. The van der Waals surface area contributed by atoms with Crippen LogP contribution in [0.15, 0.2) is 4.99 Å². The summed E-state index contributed by atoms with van der Waals surface area (Å²) in [5.74, 6) is 0.489. The van der Waals surface area contributed by atoms with Crippen molar-refractivity contribution < 1.29 is 9.53 Å². The first-order chi connectivity index (χ1) is 4.34. The van der Waals surface area contributed by atoms with Gasteiger partial charge in [-0.25, -0.2) is 4.79 Å². The average Bonchev–Trinajstić information content (AvgIpc) is 2.37. The van der Waals surface area contributed by atoms with Gasteiger partial charge in [-0.15, -0.1) is 11.8 Å². The molecule has 50 valence electrons. The highest BCUT2D eigenvalue weighted by Crippen LogP contribution is 2.11. The summed E-state index contributed by atoms with van der Waals surface area (Å²) in [7, 11) is 1.38. The average molecular weight is 145 g/mol. The van der Waals surface area contributed by atoms with Crippen molar-refractivity contribution in [3.8, 4) is 0 Å². The highest BCUT2D eigenvalue weighted by atomic mass is 32.2. The first kappa shape index (κ1) is 6.61. The number of methoxy groups -OCH3 is 1. The van der Waals surface area contributed by atoms with Crippen LogP contribution in [0.4, 0.5) is 0 Å². The van der Waals surface area contributed by atoms with Crippen molar-refractivity contribution in [2.75, 3.05) is 12.9 Å². The van der Waals surface area contributed by atoms with Crippen LogP contribution >= 0.6 is 11.8 Å². The van der Waals surface area contributed by atoms with Crippen molar-refractivity contribution in [1.29, 1.82) is 0 Å². The fourth-order valence-corrected chi connectivity index (χ4v) is 1.28. The third kappa shape index (κ3) is 1.45. The number of hydrogen-bond acceptors (Lipinski definition) is 4. The Hall–Kier alpha value is -0.510. The molecule has 1 unspecified atom stereocenters. The molecule has 0 spiro atoms. The van der Waals surface area contributed by atoms with Gasteiger partial charge >= 0.3 is 5.97 Å². The van der Waals surface area contributed by atoms with Gasteiger partial charge in [0, 0.05) is 5.75 Å². The van der Waals surface area contributed by atoms with Crippen LogP contribution in [0.5, 0.6) is 0 Å². The SMILES string of the molecule is COC(=O)C1CSC=N1. The van der Waals surface area contributed by atoms with E-state index in [1.54, 1.807) is 5.55 Å². The molecule has 0 fully saturated rings. The lowest BCUT2D eigenvalue weighted by molar-refractivity contribution is -0.141. The van der Waals surface area contributed by atoms with Crippen LogP contribution in [0.25, 0.3) is 0 Å². The maximum Gasteiger partial charge on any atom is 0.331 e. The zero-order valence-electron chi connectivity index (χ0n) is 5.03. The lowest BCUT2D eigenvalue weighted by Crippen LogP contribution is -2.19. The molecule has 3 nitrogen and oxygen atoms in total. The van der Waals surface area contributed by atoms with Crippen molar-refractivity contribution >= 4 is 23.3 Å². The number of carbonyl (C=O) groups is 1. The van der Waals surface area contributed by atoms with E-state index < -0.39 is 0 Å². The second-order valence-electron chi connectivity index (χ2n) is 1.63. The van der Waals surface area contributed by atoms with Gasteiger partial charge in [-0.05, 0) is 0 Å². The molecule has 1 aliphatic heterocycles. The number of esters is 1. The van der Waals surface area contributed by atoms with Gasteiger partial charge in [0.15, 0.2) is 6.04 Å². The normalized spacial score (nSPS) is 24.3. The van der Waals surface area contributed by atoms with Gasteiger partial charge in [-0.3, -0.25) is 4.99 Å². The summed E-state index contributed by atoms with van der Waals surface area (Å²) in [6.07, 6.45) is 0. The molecule has 0 aromatic carbocycles. The Morgan fingerprint density at radius 3 is 3.22 bits per heavy atom. The second-order valence-corrected chi connectivity index (χ2v) is 2.50. The van der Waals surface area contributed by atoms with Crippen molar-refractivity contribution in [2.45, 2.75) is 6.04 Å². The van der Waals surface area contributed by atoms with E-state index in [0.29, 0.717) is 0 Å². The summed E-state index contributed by atoms with van der Waals surface area (Å²) in [4.78, 5) is 14.5. The van der Waals surface area contributed by atoms with Gasteiger partial charge in [0.05, 0.1) is 12.7 Å². The van der Waals surface area contributed by atoms with Crippen LogP contribution in [-0.2, 0) is 9.53 Å². The van der Waals surface area contributed by atoms with Crippen LogP contribution in [0.2, 0.25) is 0 Å². The largest absolute Gasteiger partial charge is 0.467 e. The second kappa shape index (κ2) is 2.87. The minimum Gasteiger partial charge on any atom is -0.467 e. The first-order valence-electron chi connectivity index (χ1n) is 2.55. The van der Waals surface area contributed by atoms with Crippen LogP contribution in [0, 0.1) is 0 Å². The van der Waals surface area contributed by atoms with Gasteiger partial charge in [-0.1, -0.05) is 0 Å². The smallest absolute Gasteiger partial charge is 0.331 e. The minimum absolute atomic E-state index is 0.240. The van der Waals surface area contributed by atoms with E-state index >= 15 is 0 Å². The summed E-state index contributed by atoms with van der Waals surface area (Å²) < 4.78 is 4.47. The molecule has 1 atom stereocenters. The topological polar surface area (TPSA) is 38.7 Å². The fraction of sp³-hybridized carbons (Fsp3) is 0.600. The molecule has 0 aromatic heterocycles. The van der Waals surface area contributed by atoms with E-state index in [0.717, 1.165) is 5.75 Å². The zero-order chi connectivity index (χ0) is 6.69. The Kier molecular flexibility index (Phi) is 2.10. The summed E-state index contributed by atoms with van der Waals surface area (Å²) in [6, 6.07) is -0.250. The Morgan fingerprint density at radius 2 is 2.78 bits per heavy atom. The molecule has 4 heteroatoms. The van der Waals surface area contributed by atoms with E-state index in [9.17, 15) is 4.79 Å². The van der Waals surface area contributed by atoms with Gasteiger partial charge < -0.3 is 4.74 Å². The monoisotopic (exact) mass is 145 g/mol. The standard InChI is InChI=1S/C5H7NO2S/c1-8-5(7)4-2-9-3-6-4/h3-4H,2H2,1H3. The number of ether oxygens (including phenoxy) is 1. The van der Waals surface area contributed by atoms with Gasteiger partial charge in [0.25, 0.3) is 0 Å². The van der Waals surface area contributed by atoms with Crippen LogP contribution < -0.4 is 0 Å². The van der Waals surface area contributed by atoms with Gasteiger partial charge in [0.2, 0.25) is 0 Å². The van der Waals surface area contributed by atoms with Crippen LogP contribution in [0.3, 0.4) is 0 Å². The summed E-state index contributed by atoms with van der Waals surface area (Å²) in [5, 5.41) is 0. The lowest BCUT2D eigenvalue weighted by atomic mass is 10.4. The molecular weight excluding hydrogens is 138 g/mol. The third-order valence-electron chi connectivity index (χ3n) is 1.04. The van der Waals surface area contributed by atoms with Gasteiger partial charge in [-0.2, -0.15) is 0 Å². The van der Waals surface area contributed by atoms with E-state index in [1.165, 1.54) is 18.9 Å². The Bertz CT molecular complexity index is 146. The molecule has 0 bridgehead atoms. The predicted molar refractivity (Wildman–Crippen MR) is 36.8 cm³/mol. The van der Waals surface area contributed by atoms with Crippen molar-refractivity contribution in [2.24, 2.45) is 4.99 Å². The fourth-order valence-electron chi connectivity index (χ4n) is 0.559. The number of aliphatic imine (C=N–C) groups is 1. The van der Waals surface area contributed by atoms with E-state index in [4.69, 9.17) is 0 Å². The van der Waals surface area contributed by atoms with Gasteiger partial charge in [0.1, 0.15) is 0 Å². The molecule has 0 N–H and O–H groups in total. The molecule has 0 amide bonds. The van der Waals surface area contributed by atoms with E-state index in [2.05, 4.69) is 9.73 Å².